The maximum absolute atomic E-state index is 9.91. The Hall–Kier alpha value is 1.07. The van der Waals surface area contributed by atoms with Crippen molar-refractivity contribution in [1.29, 1.82) is 0 Å². The zero-order chi connectivity index (χ0) is 5.11. The van der Waals surface area contributed by atoms with E-state index in [0.29, 0.717) is 0 Å². The molecule has 0 aromatic rings. The Morgan fingerprint density at radius 3 is 2.62 bits per heavy atom. The molecule has 0 unspecified atom stereocenters. The summed E-state index contributed by atoms with van der Waals surface area (Å²) in [5, 5.41) is 3.99. The molecule has 0 N–H and O–H groups in total. The Morgan fingerprint density at radius 1 is 1.62 bits per heavy atom. The number of carbonyl (C=O) groups is 1. The van der Waals surface area contributed by atoms with Crippen LogP contribution in [0.5, 0.6) is 0 Å². The van der Waals surface area contributed by atoms with Gasteiger partial charge >= 0.3 is 0 Å². The molecule has 1 fully saturated rings. The van der Waals surface area contributed by atoms with Gasteiger partial charge in [0.05, 0.1) is 0 Å². The summed E-state index contributed by atoms with van der Waals surface area (Å²) in [6, 6.07) is 0.0417. The van der Waals surface area contributed by atoms with E-state index in [2.05, 4.69) is 5.32 Å². The van der Waals surface area contributed by atoms with Gasteiger partial charge in [-0.25, -0.2) is 0 Å². The molecule has 1 atom stereocenters. The van der Waals surface area contributed by atoms with E-state index in [-0.39, 0.29) is 50.1 Å². The first-order valence-corrected chi connectivity index (χ1v) is 2.55. The van der Waals surface area contributed by atoms with Crippen molar-refractivity contribution < 1.29 is 48.9 Å². The van der Waals surface area contributed by atoms with Crippen molar-refractivity contribution >= 4 is 6.29 Å². The number of carbonyl (C=O) groups excluding carboxylic acids is 1. The van der Waals surface area contributed by atoms with Crippen molar-refractivity contribution in [3.8, 4) is 0 Å². The van der Waals surface area contributed by atoms with Gasteiger partial charge in [-0.15, -0.1) is 6.54 Å². The Kier molecular flexibility index (Phi) is 5.56. The largest absolute Gasteiger partial charge is 0.654 e. The minimum absolute atomic E-state index is 0. The van der Waals surface area contributed by atoms with E-state index in [1.807, 2.05) is 0 Å². The quantitative estimate of drug-likeness (QED) is 0.654. The van der Waals surface area contributed by atoms with Crippen LogP contribution in [0.3, 0.4) is 0 Å². The second kappa shape index (κ2) is 4.90. The SMILES string of the molecule is O=C[C@@H]1CCC[N-]1.[Ac]. The summed E-state index contributed by atoms with van der Waals surface area (Å²) in [6.45, 7) is 0.892. The average molecular weight is 325 g/mol. The van der Waals surface area contributed by atoms with Gasteiger partial charge in [0.2, 0.25) is 0 Å². The summed E-state index contributed by atoms with van der Waals surface area (Å²) in [5.41, 5.74) is 0. The Bertz CT molecular complexity index is 70.8. The Balaban J connectivity index is 0.000000490. The van der Waals surface area contributed by atoms with E-state index in [9.17, 15) is 4.79 Å². The molecule has 1 aliphatic rings. The van der Waals surface area contributed by atoms with E-state index in [1.54, 1.807) is 0 Å². The average Bonchev–Trinajstić information content (AvgIpc) is 2.14. The molecule has 0 aromatic heterocycles. The number of hydrogen-bond donors (Lipinski definition) is 0. The molecule has 0 spiro atoms. The Labute approximate surface area is 85.0 Å². The number of nitrogens with zero attached hydrogens (tertiary/aromatic N) is 1. The number of hydrogen-bond acceptors (Lipinski definition) is 1. The first-order valence-electron chi connectivity index (χ1n) is 2.55. The topological polar surface area (TPSA) is 31.2 Å². The molecule has 0 aliphatic carbocycles. The molecule has 1 heterocycles. The second-order valence-corrected chi connectivity index (χ2v) is 1.75. The van der Waals surface area contributed by atoms with Gasteiger partial charge < -0.3 is 10.1 Å². The van der Waals surface area contributed by atoms with Crippen LogP contribution in [0.4, 0.5) is 0 Å². The third-order valence-electron chi connectivity index (χ3n) is 1.18. The fraction of sp³-hybridized carbons (Fsp3) is 0.800. The summed E-state index contributed by atoms with van der Waals surface area (Å²) < 4.78 is 0. The van der Waals surface area contributed by atoms with Gasteiger partial charge in [-0.1, -0.05) is 18.9 Å². The maximum atomic E-state index is 9.91. The van der Waals surface area contributed by atoms with Gasteiger partial charge in [0.15, 0.2) is 0 Å². The molecule has 0 aromatic carbocycles. The summed E-state index contributed by atoms with van der Waals surface area (Å²) in [7, 11) is 0. The van der Waals surface area contributed by atoms with Crippen LogP contribution >= 0.6 is 0 Å². The van der Waals surface area contributed by atoms with Gasteiger partial charge in [0, 0.05) is 44.1 Å². The summed E-state index contributed by atoms with van der Waals surface area (Å²) >= 11 is 0. The van der Waals surface area contributed by atoms with E-state index in [4.69, 9.17) is 0 Å². The molecule has 0 amide bonds. The van der Waals surface area contributed by atoms with Crippen molar-refractivity contribution in [2.45, 2.75) is 18.9 Å². The van der Waals surface area contributed by atoms with E-state index >= 15 is 0 Å². The predicted octanol–water partition coefficient (Wildman–Crippen LogP) is 0.721. The van der Waals surface area contributed by atoms with Crippen molar-refractivity contribution in [3.63, 3.8) is 0 Å². The molecular formula is C5H8AcNO-. The van der Waals surface area contributed by atoms with Crippen LogP contribution < -0.4 is 0 Å². The van der Waals surface area contributed by atoms with Crippen molar-refractivity contribution in [1.82, 2.24) is 0 Å². The molecule has 3 heteroatoms. The maximum Gasteiger partial charge on any atom is 0.102 e. The third kappa shape index (κ3) is 2.57. The van der Waals surface area contributed by atoms with E-state index in [0.717, 1.165) is 25.7 Å². The van der Waals surface area contributed by atoms with Crippen molar-refractivity contribution in [3.05, 3.63) is 5.32 Å². The molecule has 1 rings (SSSR count). The first kappa shape index (κ1) is 9.07. The number of aldehydes is 1. The van der Waals surface area contributed by atoms with Crippen molar-refractivity contribution in [2.24, 2.45) is 0 Å². The van der Waals surface area contributed by atoms with Crippen LogP contribution in [0.2, 0.25) is 0 Å². The van der Waals surface area contributed by atoms with E-state index in [1.165, 1.54) is 0 Å². The van der Waals surface area contributed by atoms with Gasteiger partial charge in [-0.3, -0.25) is 0 Å². The third-order valence-corrected chi connectivity index (χ3v) is 1.18. The summed E-state index contributed by atoms with van der Waals surface area (Å²) in [5.74, 6) is 0. The molecule has 8 heavy (non-hydrogen) atoms. The molecule has 43 valence electrons. The smallest absolute Gasteiger partial charge is 0.102 e. The van der Waals surface area contributed by atoms with Crippen LogP contribution in [0.1, 0.15) is 12.8 Å². The van der Waals surface area contributed by atoms with Crippen LogP contribution in [0, 0.1) is 44.1 Å². The standard InChI is InChI=1S/C5H8NO.Ac/c7-4-5-2-1-3-6-5;/h4-5H,1-3H2;/q-1;/t5-;/m0./s1. The van der Waals surface area contributed by atoms with Crippen LogP contribution in [-0.2, 0) is 4.79 Å². The minimum Gasteiger partial charge on any atom is -0.654 e. The molecular weight excluding hydrogens is 317 g/mol. The fourth-order valence-corrected chi connectivity index (χ4v) is 0.760. The van der Waals surface area contributed by atoms with Crippen LogP contribution in [0.25, 0.3) is 5.32 Å². The molecule has 0 saturated carbocycles. The van der Waals surface area contributed by atoms with Gasteiger partial charge in [-0.05, 0) is 0 Å². The van der Waals surface area contributed by atoms with E-state index < -0.39 is 0 Å². The molecule has 1 saturated heterocycles. The molecule has 2 nitrogen and oxygen atoms in total. The molecule has 0 bridgehead atoms. The Morgan fingerprint density at radius 2 is 2.38 bits per heavy atom. The van der Waals surface area contributed by atoms with Gasteiger partial charge in [-0.2, -0.15) is 0 Å². The minimum atomic E-state index is 0. The molecule has 1 radical (unpaired) electrons. The zero-order valence-corrected chi connectivity index (χ0v) is 9.45. The normalized spacial score (nSPS) is 26.8. The number of rotatable bonds is 1. The van der Waals surface area contributed by atoms with Crippen molar-refractivity contribution in [2.75, 3.05) is 6.54 Å². The fourth-order valence-electron chi connectivity index (χ4n) is 0.760. The zero-order valence-electron chi connectivity index (χ0n) is 4.71. The van der Waals surface area contributed by atoms with Crippen LogP contribution in [-0.4, -0.2) is 18.9 Å². The predicted molar refractivity (Wildman–Crippen MR) is 27.3 cm³/mol. The van der Waals surface area contributed by atoms with Gasteiger partial charge in [0.1, 0.15) is 6.29 Å². The monoisotopic (exact) mass is 325 g/mol. The summed E-state index contributed by atoms with van der Waals surface area (Å²) in [4.78, 5) is 9.91. The van der Waals surface area contributed by atoms with Crippen LogP contribution in [0.15, 0.2) is 0 Å². The second-order valence-electron chi connectivity index (χ2n) is 1.75. The summed E-state index contributed by atoms with van der Waals surface area (Å²) in [6.07, 6.45) is 3.00. The molecule has 1 aliphatic heterocycles. The first-order chi connectivity index (χ1) is 3.43. The van der Waals surface area contributed by atoms with Gasteiger partial charge in [0.25, 0.3) is 0 Å².